The van der Waals surface area contributed by atoms with Crippen LogP contribution in [0, 0.1) is 0 Å². The molecule has 0 rings (SSSR count). The van der Waals surface area contributed by atoms with E-state index in [1.807, 2.05) is 0 Å². The smallest absolute Gasteiger partial charge is 0.118 e. The second-order valence-electron chi connectivity index (χ2n) is 6.04. The van der Waals surface area contributed by atoms with Gasteiger partial charge in [-0.15, -0.1) is 11.6 Å². The molecule has 0 saturated carbocycles. The van der Waals surface area contributed by atoms with E-state index in [1.165, 1.54) is 77.0 Å². The van der Waals surface area contributed by atoms with Gasteiger partial charge in [0.05, 0.1) is 5.38 Å². The van der Waals surface area contributed by atoms with Gasteiger partial charge >= 0.3 is 0 Å². The molecular formula is C17H32Cl4. The maximum Gasteiger partial charge on any atom is 0.206 e. The molecular weight excluding hydrogens is 346 g/mol. The molecule has 0 aliphatic heterocycles. The Labute approximate surface area is 152 Å². The minimum absolute atomic E-state index is 0.366. The van der Waals surface area contributed by atoms with Crippen molar-refractivity contribution in [3.8, 4) is 0 Å². The number of unbranched alkanes of at least 4 members (excludes halogenated alkanes) is 12. The van der Waals surface area contributed by atoms with Crippen molar-refractivity contribution in [3.63, 3.8) is 0 Å². The third-order valence-corrected chi connectivity index (χ3v) is 5.59. The van der Waals surface area contributed by atoms with Crippen molar-refractivity contribution in [2.24, 2.45) is 0 Å². The van der Waals surface area contributed by atoms with E-state index in [0.29, 0.717) is 0 Å². The molecule has 0 N–H and O–H groups in total. The zero-order valence-electron chi connectivity index (χ0n) is 13.5. The van der Waals surface area contributed by atoms with Crippen LogP contribution in [0.2, 0.25) is 0 Å². The Morgan fingerprint density at radius 3 is 1.29 bits per heavy atom. The van der Waals surface area contributed by atoms with Crippen molar-refractivity contribution in [2.45, 2.75) is 106 Å². The molecule has 0 aliphatic rings. The summed E-state index contributed by atoms with van der Waals surface area (Å²) in [5.74, 6) is 0. The van der Waals surface area contributed by atoms with Gasteiger partial charge in [0.1, 0.15) is 0 Å². The number of alkyl halides is 4. The van der Waals surface area contributed by atoms with Crippen LogP contribution in [0.15, 0.2) is 0 Å². The highest BCUT2D eigenvalue weighted by molar-refractivity contribution is 6.70. The summed E-state index contributed by atoms with van der Waals surface area (Å²) >= 11 is 23.2. The predicted molar refractivity (Wildman–Crippen MR) is 100 cm³/mol. The third-order valence-electron chi connectivity index (χ3n) is 3.92. The molecule has 0 fully saturated rings. The van der Waals surface area contributed by atoms with E-state index in [2.05, 4.69) is 6.92 Å². The molecule has 21 heavy (non-hydrogen) atoms. The molecule has 0 aliphatic carbocycles. The van der Waals surface area contributed by atoms with E-state index in [0.717, 1.165) is 12.8 Å². The van der Waals surface area contributed by atoms with Gasteiger partial charge in [-0.3, -0.25) is 0 Å². The van der Waals surface area contributed by atoms with Crippen LogP contribution in [-0.2, 0) is 0 Å². The number of rotatable bonds is 14. The maximum atomic E-state index is 6.00. The Morgan fingerprint density at radius 2 is 0.952 bits per heavy atom. The van der Waals surface area contributed by atoms with Crippen molar-refractivity contribution < 1.29 is 0 Å². The van der Waals surface area contributed by atoms with Crippen LogP contribution < -0.4 is 0 Å². The fourth-order valence-corrected chi connectivity index (χ4v) is 2.99. The number of hydrogen-bond acceptors (Lipinski definition) is 0. The van der Waals surface area contributed by atoms with E-state index >= 15 is 0 Å². The van der Waals surface area contributed by atoms with E-state index < -0.39 is 3.79 Å². The van der Waals surface area contributed by atoms with Gasteiger partial charge < -0.3 is 0 Å². The second-order valence-corrected chi connectivity index (χ2v) is 8.94. The lowest BCUT2D eigenvalue weighted by atomic mass is 10.0. The Kier molecular flexibility index (Phi) is 15.5. The minimum Gasteiger partial charge on any atom is -0.118 e. The standard InChI is InChI=1S/C17H32Cl4/c1-2-3-4-5-6-7-8-9-10-11-12-13-14-15-16(18)17(19,20)21/h16H,2-15H2,1H3. The summed E-state index contributed by atoms with van der Waals surface area (Å²) in [5, 5.41) is -0.366. The molecule has 128 valence electrons. The number of halogens is 4. The molecule has 0 radical (unpaired) electrons. The van der Waals surface area contributed by atoms with Gasteiger partial charge in [0.25, 0.3) is 0 Å². The molecule has 0 saturated heterocycles. The van der Waals surface area contributed by atoms with Crippen LogP contribution >= 0.6 is 46.4 Å². The molecule has 1 atom stereocenters. The first-order chi connectivity index (χ1) is 9.98. The molecule has 0 spiro atoms. The molecule has 0 bridgehead atoms. The summed E-state index contributed by atoms with van der Waals surface area (Å²) in [7, 11) is 0. The topological polar surface area (TPSA) is 0 Å². The first-order valence-corrected chi connectivity index (χ1v) is 10.3. The van der Waals surface area contributed by atoms with E-state index in [9.17, 15) is 0 Å². The monoisotopic (exact) mass is 376 g/mol. The van der Waals surface area contributed by atoms with Crippen LogP contribution in [0.1, 0.15) is 96.8 Å². The zero-order chi connectivity index (χ0) is 16.0. The summed E-state index contributed by atoms with van der Waals surface area (Å²) in [6, 6.07) is 0. The lowest BCUT2D eigenvalue weighted by Crippen LogP contribution is -2.18. The third kappa shape index (κ3) is 15.8. The molecule has 0 aromatic carbocycles. The summed E-state index contributed by atoms with van der Waals surface area (Å²) in [6.45, 7) is 2.27. The van der Waals surface area contributed by atoms with Crippen LogP contribution in [0.4, 0.5) is 0 Å². The number of hydrogen-bond donors (Lipinski definition) is 0. The summed E-state index contributed by atoms with van der Waals surface area (Å²) in [4.78, 5) is 0. The lowest BCUT2D eigenvalue weighted by Gasteiger charge is -2.17. The minimum atomic E-state index is -1.32. The quantitative estimate of drug-likeness (QED) is 0.210. The van der Waals surface area contributed by atoms with Gasteiger partial charge in [-0.25, -0.2) is 0 Å². The van der Waals surface area contributed by atoms with Crippen LogP contribution in [-0.4, -0.2) is 9.17 Å². The molecule has 0 aromatic rings. The van der Waals surface area contributed by atoms with E-state index in [-0.39, 0.29) is 5.38 Å². The average molecular weight is 378 g/mol. The van der Waals surface area contributed by atoms with Gasteiger partial charge in [-0.2, -0.15) is 0 Å². The van der Waals surface area contributed by atoms with Crippen molar-refractivity contribution in [2.75, 3.05) is 0 Å². The van der Waals surface area contributed by atoms with Crippen LogP contribution in [0.25, 0.3) is 0 Å². The summed E-state index contributed by atoms with van der Waals surface area (Å²) in [5.41, 5.74) is 0. The Bertz CT molecular complexity index is 213. The SMILES string of the molecule is CCCCCCCCCCCCCCCC(Cl)C(Cl)(Cl)Cl. The zero-order valence-corrected chi connectivity index (χ0v) is 16.5. The van der Waals surface area contributed by atoms with Gasteiger partial charge in [0.2, 0.25) is 3.79 Å². The second kappa shape index (κ2) is 14.7. The Hall–Kier alpha value is 1.16. The van der Waals surface area contributed by atoms with Gasteiger partial charge in [0.15, 0.2) is 0 Å². The van der Waals surface area contributed by atoms with Crippen LogP contribution in [0.5, 0.6) is 0 Å². The van der Waals surface area contributed by atoms with Gasteiger partial charge in [-0.1, -0.05) is 125 Å². The average Bonchev–Trinajstić information content (AvgIpc) is 2.42. The largest absolute Gasteiger partial charge is 0.206 e. The normalized spacial score (nSPS) is 13.6. The highest BCUT2D eigenvalue weighted by atomic mass is 35.6. The fraction of sp³-hybridized carbons (Fsp3) is 1.00. The van der Waals surface area contributed by atoms with Crippen molar-refractivity contribution in [3.05, 3.63) is 0 Å². The highest BCUT2D eigenvalue weighted by Gasteiger charge is 2.29. The lowest BCUT2D eigenvalue weighted by molar-refractivity contribution is 0.533. The first-order valence-electron chi connectivity index (χ1n) is 8.69. The Balaban J connectivity index is 3.13. The molecule has 0 heterocycles. The highest BCUT2D eigenvalue weighted by Crippen LogP contribution is 2.36. The molecule has 4 heteroatoms. The van der Waals surface area contributed by atoms with Crippen molar-refractivity contribution in [1.82, 2.24) is 0 Å². The molecule has 1 unspecified atom stereocenters. The van der Waals surface area contributed by atoms with Crippen molar-refractivity contribution in [1.29, 1.82) is 0 Å². The summed E-state index contributed by atoms with van der Waals surface area (Å²) in [6.07, 6.45) is 18.2. The Morgan fingerprint density at radius 1 is 0.619 bits per heavy atom. The maximum absolute atomic E-state index is 6.00. The van der Waals surface area contributed by atoms with Gasteiger partial charge in [-0.05, 0) is 6.42 Å². The fourth-order valence-electron chi connectivity index (χ4n) is 2.50. The van der Waals surface area contributed by atoms with E-state index in [1.54, 1.807) is 0 Å². The summed E-state index contributed by atoms with van der Waals surface area (Å²) < 4.78 is -1.32. The van der Waals surface area contributed by atoms with Crippen LogP contribution in [0.3, 0.4) is 0 Å². The molecule has 0 aromatic heterocycles. The van der Waals surface area contributed by atoms with E-state index in [4.69, 9.17) is 46.4 Å². The molecule has 0 nitrogen and oxygen atoms in total. The predicted octanol–water partition coefficient (Wildman–Crippen LogP) is 8.45. The van der Waals surface area contributed by atoms with Crippen molar-refractivity contribution >= 4 is 46.4 Å². The molecule has 0 amide bonds. The first kappa shape index (κ1) is 22.2. The van der Waals surface area contributed by atoms with Gasteiger partial charge in [0, 0.05) is 0 Å².